The molecule has 37 heavy (non-hydrogen) atoms. The van der Waals surface area contributed by atoms with Gasteiger partial charge in [0, 0.05) is 13.0 Å². The summed E-state index contributed by atoms with van der Waals surface area (Å²) in [5, 5.41) is 27.8. The van der Waals surface area contributed by atoms with Crippen LogP contribution in [0.15, 0.2) is 40.9 Å². The molecule has 0 spiro atoms. The Kier molecular flexibility index (Phi) is 7.07. The van der Waals surface area contributed by atoms with Crippen molar-refractivity contribution in [3.63, 3.8) is 0 Å². The number of carbonyl (C=O) groups excluding carboxylic acids is 1. The van der Waals surface area contributed by atoms with E-state index in [4.69, 9.17) is 16.0 Å². The monoisotopic (exact) mass is 526 g/mol. The van der Waals surface area contributed by atoms with Gasteiger partial charge in [-0.25, -0.2) is 19.9 Å². The number of benzene rings is 1. The fourth-order valence-corrected chi connectivity index (χ4v) is 4.93. The van der Waals surface area contributed by atoms with E-state index in [0.29, 0.717) is 18.1 Å². The number of ether oxygens (including phenoxy) is 1. The molecule has 16 heteroatoms. The highest BCUT2D eigenvalue weighted by molar-refractivity contribution is 7.99. The van der Waals surface area contributed by atoms with Gasteiger partial charge in [-0.2, -0.15) is 0 Å². The zero-order valence-corrected chi connectivity index (χ0v) is 20.2. The van der Waals surface area contributed by atoms with Gasteiger partial charge in [-0.1, -0.05) is 23.9 Å². The first-order valence-corrected chi connectivity index (χ1v) is 12.3. The molecule has 4 heterocycles. The van der Waals surface area contributed by atoms with Crippen molar-refractivity contribution in [2.45, 2.75) is 36.1 Å². The van der Waals surface area contributed by atoms with Crippen LogP contribution >= 0.6 is 11.8 Å². The van der Waals surface area contributed by atoms with Crippen LogP contribution in [0.25, 0.3) is 22.2 Å². The molecule has 0 radical (unpaired) electrons. The number of thioether (sulfide) groups is 1. The summed E-state index contributed by atoms with van der Waals surface area (Å²) < 4.78 is 7.30. The fraction of sp³-hybridized carbons (Fsp3) is 0.381. The molecule has 0 saturated carbocycles. The van der Waals surface area contributed by atoms with Crippen LogP contribution in [0.4, 0.5) is 5.82 Å². The van der Waals surface area contributed by atoms with Gasteiger partial charge in [-0.15, -0.1) is 0 Å². The molecule has 15 nitrogen and oxygen atoms in total. The van der Waals surface area contributed by atoms with Crippen molar-refractivity contribution in [3.05, 3.63) is 36.4 Å². The summed E-state index contributed by atoms with van der Waals surface area (Å²) in [4.78, 5) is 35.8. The van der Waals surface area contributed by atoms with Crippen LogP contribution < -0.4 is 16.0 Å². The second-order valence-electron chi connectivity index (χ2n) is 8.26. The van der Waals surface area contributed by atoms with Crippen LogP contribution in [0.1, 0.15) is 12.1 Å². The van der Waals surface area contributed by atoms with E-state index >= 15 is 0 Å². The van der Waals surface area contributed by atoms with Crippen molar-refractivity contribution >= 4 is 45.7 Å². The number of para-hydroxylation sites is 2. The standard InChI is InChI=1S/C21H23N11O4S/c22-18-15-19(26-9-25-18)32(20-17(35)16(34)12(36-20)7-27-31-23)21(30-15)37-8-14(33)24-6-5-13-28-10-3-1-2-4-11(10)29-13/h1-4,9,12,16-17,20,23,34-35H,5-8H2,(H3-,22,24,25,26,28,29,33)/p+1/t12-,16-,17-,20-/m1/s1. The first-order valence-electron chi connectivity index (χ1n) is 11.3. The Balaban J connectivity index is 1.28. The Labute approximate surface area is 213 Å². The number of nitrogen functional groups attached to an aromatic ring is 1. The molecule has 192 valence electrons. The van der Waals surface area contributed by atoms with Gasteiger partial charge in [-0.05, 0) is 12.1 Å². The highest BCUT2D eigenvalue weighted by Crippen LogP contribution is 2.36. The molecular formula is C21H24N11O4S+. The minimum absolute atomic E-state index is 0.0125. The third-order valence-corrected chi connectivity index (χ3v) is 6.80. The van der Waals surface area contributed by atoms with Crippen molar-refractivity contribution in [1.82, 2.24) is 39.7 Å². The van der Waals surface area contributed by atoms with E-state index in [1.165, 1.54) is 10.9 Å². The first-order chi connectivity index (χ1) is 18.0. The van der Waals surface area contributed by atoms with Gasteiger partial charge in [0.25, 0.3) is 0 Å². The number of fused-ring (bicyclic) bond motifs is 2. The third kappa shape index (κ3) is 5.00. The van der Waals surface area contributed by atoms with Gasteiger partial charge in [-0.3, -0.25) is 9.36 Å². The lowest BCUT2D eigenvalue weighted by Crippen LogP contribution is -2.33. The topological polar surface area (TPSA) is 227 Å². The number of nitrogens with one attached hydrogen (secondary N) is 3. The predicted octanol–water partition coefficient (Wildman–Crippen LogP) is -0.0946. The number of nitrogens with two attached hydrogens (primary N) is 1. The summed E-state index contributed by atoms with van der Waals surface area (Å²) in [6.07, 6.45) is -2.84. The highest BCUT2D eigenvalue weighted by atomic mass is 32.2. The molecule has 0 bridgehead atoms. The minimum Gasteiger partial charge on any atom is -0.387 e. The zero-order valence-electron chi connectivity index (χ0n) is 19.4. The van der Waals surface area contributed by atoms with Crippen molar-refractivity contribution < 1.29 is 19.7 Å². The fourth-order valence-electron chi connectivity index (χ4n) is 4.08. The number of anilines is 1. The highest BCUT2D eigenvalue weighted by Gasteiger charge is 2.46. The Bertz CT molecular complexity index is 1450. The second-order valence-corrected chi connectivity index (χ2v) is 9.20. The van der Waals surface area contributed by atoms with E-state index in [9.17, 15) is 15.0 Å². The summed E-state index contributed by atoms with van der Waals surface area (Å²) in [6.45, 7) is 0.273. The van der Waals surface area contributed by atoms with E-state index in [1.807, 2.05) is 24.3 Å². The van der Waals surface area contributed by atoms with Gasteiger partial charge in [0.05, 0.1) is 16.8 Å². The van der Waals surface area contributed by atoms with Crippen LogP contribution in [0.5, 0.6) is 0 Å². The number of H-pyrrole nitrogens is 1. The average Bonchev–Trinajstić information content (AvgIpc) is 3.56. The van der Waals surface area contributed by atoms with Crippen LogP contribution in [0.3, 0.4) is 0 Å². The van der Waals surface area contributed by atoms with Crippen molar-refractivity contribution in [1.29, 1.82) is 5.53 Å². The summed E-state index contributed by atoms with van der Waals surface area (Å²) in [5.41, 5.74) is 15.1. The molecule has 1 aromatic carbocycles. The number of hydrogen-bond acceptors (Lipinski definition) is 12. The number of rotatable bonds is 9. The summed E-state index contributed by atoms with van der Waals surface area (Å²) in [7, 11) is 0. The minimum atomic E-state index is -1.35. The lowest BCUT2D eigenvalue weighted by molar-refractivity contribution is -0.118. The Morgan fingerprint density at radius 2 is 2.14 bits per heavy atom. The summed E-state index contributed by atoms with van der Waals surface area (Å²) in [6, 6.07) is 7.70. The van der Waals surface area contributed by atoms with Crippen LogP contribution in [-0.2, 0) is 16.0 Å². The van der Waals surface area contributed by atoms with Gasteiger partial charge in [0.2, 0.25) is 10.8 Å². The van der Waals surface area contributed by atoms with Crippen molar-refractivity contribution in [2.24, 2.45) is 5.11 Å². The number of nitrogens with zero attached hydrogens (tertiary/aromatic N) is 7. The molecular weight excluding hydrogens is 502 g/mol. The summed E-state index contributed by atoms with van der Waals surface area (Å²) >= 11 is 1.10. The zero-order chi connectivity index (χ0) is 25.9. The van der Waals surface area contributed by atoms with E-state index in [0.717, 1.165) is 28.6 Å². The SMILES string of the molecule is N=[N+]=NC[C@H]1O[C@@H](n2c(SCC(=O)NCCc3nc4ccccc4[nH]3)nc3c(N)ncnc32)[C@H](O)[C@@H]1O. The normalized spacial score (nSPS) is 21.4. The molecule has 5 rings (SSSR count). The first kappa shape index (κ1) is 24.7. The number of hydrogen-bond donors (Lipinski definition) is 6. The van der Waals surface area contributed by atoms with E-state index in [1.54, 1.807) is 0 Å². The second kappa shape index (κ2) is 10.6. The van der Waals surface area contributed by atoms with Crippen molar-refractivity contribution in [2.75, 3.05) is 24.6 Å². The quantitative estimate of drug-likeness (QED) is 0.0964. The third-order valence-electron chi connectivity index (χ3n) is 5.85. The van der Waals surface area contributed by atoms with Crippen LogP contribution in [-0.4, -0.2) is 82.8 Å². The maximum atomic E-state index is 12.6. The molecule has 7 N–H and O–H groups in total. The molecule has 1 amide bonds. The van der Waals surface area contributed by atoms with Gasteiger partial charge in [0.15, 0.2) is 34.9 Å². The number of amides is 1. The van der Waals surface area contributed by atoms with Gasteiger partial charge < -0.3 is 31.0 Å². The Morgan fingerprint density at radius 3 is 2.95 bits per heavy atom. The molecule has 4 atom stereocenters. The smallest absolute Gasteiger partial charge is 0.230 e. The molecule has 0 aliphatic carbocycles. The molecule has 4 aromatic rings. The van der Waals surface area contributed by atoms with E-state index < -0.39 is 24.5 Å². The number of aromatic nitrogens is 6. The molecule has 1 aliphatic rings. The average molecular weight is 527 g/mol. The number of aromatic amines is 1. The number of aliphatic hydroxyl groups is 2. The van der Waals surface area contributed by atoms with Crippen molar-refractivity contribution in [3.8, 4) is 0 Å². The number of imidazole rings is 2. The van der Waals surface area contributed by atoms with Crippen LogP contribution in [0.2, 0.25) is 0 Å². The molecule has 1 saturated heterocycles. The van der Waals surface area contributed by atoms with E-state index in [-0.39, 0.29) is 35.2 Å². The van der Waals surface area contributed by atoms with Gasteiger partial charge in [0.1, 0.15) is 41.1 Å². The predicted molar refractivity (Wildman–Crippen MR) is 131 cm³/mol. The molecule has 1 fully saturated rings. The van der Waals surface area contributed by atoms with Gasteiger partial charge >= 0.3 is 0 Å². The molecule has 3 aromatic heterocycles. The lowest BCUT2D eigenvalue weighted by Gasteiger charge is -2.19. The Morgan fingerprint density at radius 1 is 1.30 bits per heavy atom. The number of carbonyl (C=O) groups is 1. The molecule has 0 unspecified atom stereocenters. The van der Waals surface area contributed by atoms with Crippen LogP contribution in [0, 0.1) is 5.53 Å². The maximum Gasteiger partial charge on any atom is 0.230 e. The summed E-state index contributed by atoms with van der Waals surface area (Å²) in [5.74, 6) is 0.669. The molecule has 1 aliphatic heterocycles. The van der Waals surface area contributed by atoms with E-state index in [2.05, 4.69) is 40.3 Å². The maximum absolute atomic E-state index is 12.6. The Hall–Kier alpha value is -3.95. The largest absolute Gasteiger partial charge is 0.387 e. The lowest BCUT2D eigenvalue weighted by atomic mass is 10.1. The number of aliphatic hydroxyl groups excluding tert-OH is 2.